The van der Waals surface area contributed by atoms with Gasteiger partial charge in [-0.2, -0.15) is 0 Å². The molecule has 3 heteroatoms. The predicted octanol–water partition coefficient (Wildman–Crippen LogP) is 4.77. The van der Waals surface area contributed by atoms with E-state index in [1.54, 1.807) is 11.3 Å². The van der Waals surface area contributed by atoms with Gasteiger partial charge in [0.1, 0.15) is 10.8 Å². The number of para-hydroxylation sites is 1. The van der Waals surface area contributed by atoms with E-state index in [2.05, 4.69) is 11.1 Å². The summed E-state index contributed by atoms with van der Waals surface area (Å²) in [6.07, 6.45) is 9.08. The van der Waals surface area contributed by atoms with Crippen LogP contribution in [0.5, 0.6) is 0 Å². The zero-order valence-electron chi connectivity index (χ0n) is 11.8. The molecule has 0 unspecified atom stereocenters. The predicted molar refractivity (Wildman–Crippen MR) is 84.1 cm³/mol. The molecule has 1 fully saturated rings. The fourth-order valence-electron chi connectivity index (χ4n) is 3.13. The van der Waals surface area contributed by atoms with Crippen LogP contribution in [-0.4, -0.2) is 10.8 Å². The largest absolute Gasteiger partial charge is 0.299 e. The topological polar surface area (TPSA) is 30.0 Å². The molecule has 3 rings (SSSR count). The maximum Gasteiger partial charge on any atom is 0.139 e. The van der Waals surface area contributed by atoms with Crippen LogP contribution in [0.2, 0.25) is 0 Å². The van der Waals surface area contributed by atoms with E-state index in [1.165, 1.54) is 43.2 Å². The third kappa shape index (κ3) is 3.45. The fourth-order valence-corrected chi connectivity index (χ4v) is 4.12. The summed E-state index contributed by atoms with van der Waals surface area (Å²) in [5.74, 6) is 0.996. The van der Waals surface area contributed by atoms with E-state index in [9.17, 15) is 4.79 Å². The number of hydrogen-bond donors (Lipinski definition) is 0. The van der Waals surface area contributed by atoms with Gasteiger partial charge in [0.2, 0.25) is 0 Å². The minimum Gasteiger partial charge on any atom is -0.299 e. The number of aromatic nitrogens is 1. The fraction of sp³-hybridized carbons (Fsp3) is 0.529. The van der Waals surface area contributed by atoms with E-state index in [4.69, 9.17) is 0 Å². The number of benzene rings is 1. The Bertz CT molecular complexity index is 548. The van der Waals surface area contributed by atoms with Crippen LogP contribution < -0.4 is 0 Å². The molecule has 0 atom stereocenters. The Morgan fingerprint density at radius 2 is 1.90 bits per heavy atom. The number of carbonyl (C=O) groups excluding carboxylic acids is 1. The lowest BCUT2D eigenvalue weighted by atomic mass is 9.93. The molecule has 1 aliphatic rings. The van der Waals surface area contributed by atoms with Crippen LogP contribution in [0.3, 0.4) is 0 Å². The van der Waals surface area contributed by atoms with E-state index in [-0.39, 0.29) is 0 Å². The van der Waals surface area contributed by atoms with Crippen molar-refractivity contribution in [2.75, 3.05) is 0 Å². The minimum absolute atomic E-state index is 0.371. The van der Waals surface area contributed by atoms with Crippen molar-refractivity contribution in [3.63, 3.8) is 0 Å². The van der Waals surface area contributed by atoms with Crippen molar-refractivity contribution >= 4 is 27.3 Å². The van der Waals surface area contributed by atoms with Gasteiger partial charge in [0, 0.05) is 6.42 Å². The van der Waals surface area contributed by atoms with Crippen LogP contribution in [0, 0.1) is 5.92 Å². The van der Waals surface area contributed by atoms with Crippen LogP contribution in [0.1, 0.15) is 50.0 Å². The summed E-state index contributed by atoms with van der Waals surface area (Å²) in [5, 5.41) is 0.977. The lowest BCUT2D eigenvalue weighted by Gasteiger charge is -2.11. The molecule has 20 heavy (non-hydrogen) atoms. The molecule has 0 N–H and O–H groups in total. The minimum atomic E-state index is 0.371. The highest BCUT2D eigenvalue weighted by atomic mass is 32.1. The SMILES string of the molecule is O=C(Cc1nc2ccccc2s1)CC1CCCCCC1. The molecule has 1 saturated carbocycles. The molecule has 0 amide bonds. The summed E-state index contributed by atoms with van der Waals surface area (Å²) in [6.45, 7) is 0. The van der Waals surface area contributed by atoms with Crippen LogP contribution in [0.15, 0.2) is 24.3 Å². The number of Topliss-reactive ketones (excluding diaryl/α,β-unsaturated/α-hetero) is 1. The molecule has 1 heterocycles. The normalized spacial score (nSPS) is 17.2. The molecule has 2 nitrogen and oxygen atoms in total. The van der Waals surface area contributed by atoms with Gasteiger partial charge < -0.3 is 0 Å². The summed E-state index contributed by atoms with van der Waals surface area (Å²) in [7, 11) is 0. The van der Waals surface area contributed by atoms with Crippen molar-refractivity contribution in [3.05, 3.63) is 29.3 Å². The maximum absolute atomic E-state index is 12.2. The number of fused-ring (bicyclic) bond motifs is 1. The molecule has 1 aromatic heterocycles. The summed E-state index contributed by atoms with van der Waals surface area (Å²) >= 11 is 1.66. The molecule has 1 aliphatic carbocycles. The van der Waals surface area contributed by atoms with Crippen molar-refractivity contribution in [1.29, 1.82) is 0 Å². The number of nitrogens with zero attached hydrogens (tertiary/aromatic N) is 1. The molecular weight excluding hydrogens is 266 g/mol. The second-order valence-electron chi connectivity index (χ2n) is 5.85. The van der Waals surface area contributed by atoms with Crippen molar-refractivity contribution in [3.8, 4) is 0 Å². The van der Waals surface area contributed by atoms with Crippen molar-refractivity contribution in [2.45, 2.75) is 51.4 Å². The quantitative estimate of drug-likeness (QED) is 0.758. The van der Waals surface area contributed by atoms with Crippen LogP contribution in [0.4, 0.5) is 0 Å². The third-order valence-corrected chi connectivity index (χ3v) is 5.21. The summed E-state index contributed by atoms with van der Waals surface area (Å²) in [4.78, 5) is 16.8. The Kier molecular flexibility index (Phi) is 4.46. The summed E-state index contributed by atoms with van der Waals surface area (Å²) < 4.78 is 1.18. The molecule has 106 valence electrons. The molecule has 0 radical (unpaired) electrons. The van der Waals surface area contributed by atoms with Crippen LogP contribution in [-0.2, 0) is 11.2 Å². The average Bonchev–Trinajstić information content (AvgIpc) is 2.66. The smallest absolute Gasteiger partial charge is 0.139 e. The van der Waals surface area contributed by atoms with E-state index in [0.29, 0.717) is 18.1 Å². The van der Waals surface area contributed by atoms with Gasteiger partial charge in [0.15, 0.2) is 0 Å². The molecule has 1 aromatic carbocycles. The molecule has 0 spiro atoms. The van der Waals surface area contributed by atoms with Gasteiger partial charge in [-0.25, -0.2) is 4.98 Å². The van der Waals surface area contributed by atoms with E-state index in [0.717, 1.165) is 16.9 Å². The van der Waals surface area contributed by atoms with E-state index < -0.39 is 0 Å². The lowest BCUT2D eigenvalue weighted by Crippen LogP contribution is -2.10. The second kappa shape index (κ2) is 6.49. The van der Waals surface area contributed by atoms with E-state index >= 15 is 0 Å². The third-order valence-electron chi connectivity index (χ3n) is 4.18. The average molecular weight is 287 g/mol. The standard InChI is InChI=1S/C17H21NOS/c19-14(11-13-7-3-1-2-4-8-13)12-17-18-15-9-5-6-10-16(15)20-17/h5-6,9-10,13H,1-4,7-8,11-12H2. The highest BCUT2D eigenvalue weighted by molar-refractivity contribution is 7.18. The Morgan fingerprint density at radius 1 is 1.15 bits per heavy atom. The van der Waals surface area contributed by atoms with Gasteiger partial charge in [0.05, 0.1) is 16.6 Å². The van der Waals surface area contributed by atoms with E-state index in [1.807, 2.05) is 18.2 Å². The maximum atomic E-state index is 12.2. The highest BCUT2D eigenvalue weighted by Gasteiger charge is 2.17. The first-order valence-electron chi connectivity index (χ1n) is 7.67. The molecule has 0 bridgehead atoms. The number of thiazole rings is 1. The first kappa shape index (κ1) is 13.7. The van der Waals surface area contributed by atoms with Crippen LogP contribution >= 0.6 is 11.3 Å². The summed E-state index contributed by atoms with van der Waals surface area (Å²) in [5.41, 5.74) is 1.02. The second-order valence-corrected chi connectivity index (χ2v) is 6.97. The monoisotopic (exact) mass is 287 g/mol. The van der Waals surface area contributed by atoms with Gasteiger partial charge in [0.25, 0.3) is 0 Å². The first-order chi connectivity index (χ1) is 9.81. The Hall–Kier alpha value is -1.22. The van der Waals surface area contributed by atoms with Gasteiger partial charge in [-0.1, -0.05) is 50.7 Å². The Morgan fingerprint density at radius 3 is 2.65 bits per heavy atom. The zero-order chi connectivity index (χ0) is 13.8. The number of hydrogen-bond acceptors (Lipinski definition) is 3. The Labute approximate surface area is 124 Å². The van der Waals surface area contributed by atoms with Gasteiger partial charge in [-0.3, -0.25) is 4.79 Å². The van der Waals surface area contributed by atoms with Crippen molar-refractivity contribution < 1.29 is 4.79 Å². The number of ketones is 1. The molecule has 2 aromatic rings. The van der Waals surface area contributed by atoms with Crippen LogP contribution in [0.25, 0.3) is 10.2 Å². The first-order valence-corrected chi connectivity index (χ1v) is 8.49. The number of rotatable bonds is 4. The van der Waals surface area contributed by atoms with Crippen molar-refractivity contribution in [1.82, 2.24) is 4.98 Å². The Balaban J connectivity index is 1.60. The highest BCUT2D eigenvalue weighted by Crippen LogP contribution is 2.27. The molecular formula is C17H21NOS. The lowest BCUT2D eigenvalue weighted by molar-refractivity contribution is -0.119. The van der Waals surface area contributed by atoms with Gasteiger partial charge in [-0.15, -0.1) is 11.3 Å². The number of carbonyl (C=O) groups is 1. The van der Waals surface area contributed by atoms with Gasteiger partial charge in [-0.05, 0) is 18.1 Å². The molecule has 0 aliphatic heterocycles. The molecule has 0 saturated heterocycles. The van der Waals surface area contributed by atoms with Crippen molar-refractivity contribution in [2.24, 2.45) is 5.92 Å². The summed E-state index contributed by atoms with van der Waals surface area (Å²) in [6, 6.07) is 8.12. The zero-order valence-corrected chi connectivity index (χ0v) is 12.6. The van der Waals surface area contributed by atoms with Gasteiger partial charge >= 0.3 is 0 Å².